The summed E-state index contributed by atoms with van der Waals surface area (Å²) in [5, 5.41) is 2.65. The van der Waals surface area contributed by atoms with Crippen LogP contribution in [0.3, 0.4) is 0 Å². The molecule has 0 aliphatic heterocycles. The second-order valence-corrected chi connectivity index (χ2v) is 0.612. The SMILES string of the molecule is C=CNCN. The van der Waals surface area contributed by atoms with Crippen LogP contribution in [0.15, 0.2) is 12.8 Å². The summed E-state index contributed by atoms with van der Waals surface area (Å²) < 4.78 is 0. The molecule has 0 bridgehead atoms. The van der Waals surface area contributed by atoms with E-state index in [0.717, 1.165) is 0 Å². The van der Waals surface area contributed by atoms with Gasteiger partial charge in [0.2, 0.25) is 0 Å². The molecule has 2 heteroatoms. The second kappa shape index (κ2) is 3.50. The fraction of sp³-hybridized carbons (Fsp3) is 0.333. The standard InChI is InChI=1S/C3H8N2/c1-2-5-3-4/h2,5H,1,3-4H2. The summed E-state index contributed by atoms with van der Waals surface area (Å²) in [5.41, 5.74) is 4.96. The molecular formula is C3H8N2. The Morgan fingerprint density at radius 1 is 2.00 bits per heavy atom. The van der Waals surface area contributed by atoms with Gasteiger partial charge in [-0.2, -0.15) is 0 Å². The topological polar surface area (TPSA) is 38.0 Å². The smallest absolute Gasteiger partial charge is 0.0622 e. The highest BCUT2D eigenvalue weighted by Crippen LogP contribution is 1.38. The molecule has 0 rings (SSSR count). The van der Waals surface area contributed by atoms with Crippen molar-refractivity contribution in [1.82, 2.24) is 5.32 Å². The Bertz CT molecular complexity index is 26.1. The molecule has 0 aromatic heterocycles. The first kappa shape index (κ1) is 4.50. The third kappa shape index (κ3) is 3.50. The highest BCUT2D eigenvalue weighted by atomic mass is 14.9. The first-order valence-corrected chi connectivity index (χ1v) is 1.46. The summed E-state index contributed by atoms with van der Waals surface area (Å²) in [7, 11) is 0. The molecule has 0 radical (unpaired) electrons. The highest BCUT2D eigenvalue weighted by molar-refractivity contribution is 4.58. The summed E-state index contributed by atoms with van der Waals surface area (Å²) >= 11 is 0. The van der Waals surface area contributed by atoms with Gasteiger partial charge in [-0.05, 0) is 6.20 Å². The molecule has 0 aromatic rings. The predicted molar refractivity (Wildman–Crippen MR) is 22.4 cm³/mol. The Kier molecular flexibility index (Phi) is 3.15. The van der Waals surface area contributed by atoms with E-state index in [1.807, 2.05) is 0 Å². The fourth-order valence-electron chi connectivity index (χ4n) is 0.0833. The molecular weight excluding hydrogens is 64.0 g/mol. The number of hydrogen-bond donors (Lipinski definition) is 2. The Hall–Kier alpha value is -0.500. The molecule has 0 saturated heterocycles. The predicted octanol–water partition coefficient (Wildman–Crippen LogP) is -0.364. The van der Waals surface area contributed by atoms with E-state index in [4.69, 9.17) is 5.73 Å². The number of nitrogens with two attached hydrogens (primary N) is 1. The highest BCUT2D eigenvalue weighted by Gasteiger charge is 1.53. The molecule has 3 N–H and O–H groups in total. The zero-order chi connectivity index (χ0) is 4.12. The lowest BCUT2D eigenvalue weighted by Gasteiger charge is -1.83. The maximum atomic E-state index is 4.96. The van der Waals surface area contributed by atoms with Crippen LogP contribution < -0.4 is 11.1 Å². The van der Waals surface area contributed by atoms with Gasteiger partial charge in [0.15, 0.2) is 0 Å². The second-order valence-electron chi connectivity index (χ2n) is 0.612. The molecule has 0 aliphatic carbocycles. The first-order valence-electron chi connectivity index (χ1n) is 1.46. The lowest BCUT2D eigenvalue weighted by atomic mass is 11.0. The van der Waals surface area contributed by atoms with Crippen molar-refractivity contribution in [2.45, 2.75) is 0 Å². The van der Waals surface area contributed by atoms with E-state index in [2.05, 4.69) is 11.9 Å². The number of rotatable bonds is 2. The van der Waals surface area contributed by atoms with E-state index in [1.54, 1.807) is 6.20 Å². The van der Waals surface area contributed by atoms with Gasteiger partial charge in [0.1, 0.15) is 0 Å². The van der Waals surface area contributed by atoms with E-state index in [9.17, 15) is 0 Å². The fourth-order valence-corrected chi connectivity index (χ4v) is 0.0833. The quantitative estimate of drug-likeness (QED) is 0.437. The lowest BCUT2D eigenvalue weighted by Crippen LogP contribution is -2.14. The van der Waals surface area contributed by atoms with Gasteiger partial charge in [0, 0.05) is 0 Å². The third-order valence-corrected chi connectivity index (χ3v) is 0.262. The van der Waals surface area contributed by atoms with E-state index in [0.29, 0.717) is 6.67 Å². The maximum Gasteiger partial charge on any atom is 0.0622 e. The average Bonchev–Trinajstić information content (AvgIpc) is 1.41. The Morgan fingerprint density at radius 3 is 2.60 bits per heavy atom. The zero-order valence-electron chi connectivity index (χ0n) is 3.07. The van der Waals surface area contributed by atoms with Crippen LogP contribution in [0.5, 0.6) is 0 Å². The van der Waals surface area contributed by atoms with E-state index >= 15 is 0 Å². The van der Waals surface area contributed by atoms with Crippen LogP contribution in [-0.4, -0.2) is 6.67 Å². The average molecular weight is 72.1 g/mol. The first-order chi connectivity index (χ1) is 2.41. The van der Waals surface area contributed by atoms with Gasteiger partial charge in [-0.25, -0.2) is 0 Å². The molecule has 5 heavy (non-hydrogen) atoms. The minimum Gasteiger partial charge on any atom is -0.379 e. The van der Waals surface area contributed by atoms with Gasteiger partial charge in [0.05, 0.1) is 6.67 Å². The molecule has 0 spiro atoms. The Balaban J connectivity index is 2.40. The van der Waals surface area contributed by atoms with Gasteiger partial charge in [0.25, 0.3) is 0 Å². The molecule has 0 aliphatic rings. The summed E-state index contributed by atoms with van der Waals surface area (Å²) in [4.78, 5) is 0. The lowest BCUT2D eigenvalue weighted by molar-refractivity contribution is 0.887. The summed E-state index contributed by atoms with van der Waals surface area (Å²) in [5.74, 6) is 0. The van der Waals surface area contributed by atoms with Gasteiger partial charge in [-0.15, -0.1) is 0 Å². The van der Waals surface area contributed by atoms with E-state index in [-0.39, 0.29) is 0 Å². The van der Waals surface area contributed by atoms with Crippen LogP contribution in [0, 0.1) is 0 Å². The van der Waals surface area contributed by atoms with Crippen molar-refractivity contribution >= 4 is 0 Å². The Morgan fingerprint density at radius 2 is 2.60 bits per heavy atom. The van der Waals surface area contributed by atoms with E-state index in [1.165, 1.54) is 0 Å². The minimum absolute atomic E-state index is 0.476. The van der Waals surface area contributed by atoms with Crippen molar-refractivity contribution < 1.29 is 0 Å². The van der Waals surface area contributed by atoms with Crippen LogP contribution in [0.2, 0.25) is 0 Å². The van der Waals surface area contributed by atoms with Crippen LogP contribution in [0.25, 0.3) is 0 Å². The van der Waals surface area contributed by atoms with Crippen molar-refractivity contribution in [3.05, 3.63) is 12.8 Å². The van der Waals surface area contributed by atoms with Crippen LogP contribution in [0.4, 0.5) is 0 Å². The molecule has 0 saturated carbocycles. The van der Waals surface area contributed by atoms with E-state index < -0.39 is 0 Å². The normalized spacial score (nSPS) is 6.60. The molecule has 0 aromatic carbocycles. The largest absolute Gasteiger partial charge is 0.379 e. The minimum atomic E-state index is 0.476. The number of hydrogen-bond acceptors (Lipinski definition) is 2. The summed E-state index contributed by atoms with van der Waals surface area (Å²) in [6, 6.07) is 0. The molecule has 0 heterocycles. The molecule has 30 valence electrons. The summed E-state index contributed by atoms with van der Waals surface area (Å²) in [6.07, 6.45) is 1.56. The summed E-state index contributed by atoms with van der Waals surface area (Å²) in [6.45, 7) is 3.84. The van der Waals surface area contributed by atoms with Gasteiger partial charge in [-0.3, -0.25) is 0 Å². The molecule has 2 nitrogen and oxygen atoms in total. The molecule has 0 fully saturated rings. The van der Waals surface area contributed by atoms with Crippen LogP contribution in [-0.2, 0) is 0 Å². The zero-order valence-corrected chi connectivity index (χ0v) is 3.07. The van der Waals surface area contributed by atoms with Gasteiger partial charge in [-0.1, -0.05) is 6.58 Å². The maximum absolute atomic E-state index is 4.96. The van der Waals surface area contributed by atoms with Crippen molar-refractivity contribution in [2.75, 3.05) is 6.67 Å². The molecule has 0 unspecified atom stereocenters. The molecule has 0 amide bonds. The van der Waals surface area contributed by atoms with Crippen molar-refractivity contribution in [1.29, 1.82) is 0 Å². The van der Waals surface area contributed by atoms with Gasteiger partial charge < -0.3 is 11.1 Å². The monoisotopic (exact) mass is 72.1 g/mol. The van der Waals surface area contributed by atoms with Crippen molar-refractivity contribution in [3.63, 3.8) is 0 Å². The van der Waals surface area contributed by atoms with Gasteiger partial charge >= 0.3 is 0 Å². The number of nitrogens with one attached hydrogen (secondary N) is 1. The third-order valence-electron chi connectivity index (χ3n) is 0.262. The van der Waals surface area contributed by atoms with Crippen LogP contribution in [0.1, 0.15) is 0 Å². The Labute approximate surface area is 31.7 Å². The van der Waals surface area contributed by atoms with Crippen LogP contribution >= 0.6 is 0 Å². The molecule has 0 atom stereocenters. The van der Waals surface area contributed by atoms with Crippen molar-refractivity contribution in [2.24, 2.45) is 5.73 Å². The van der Waals surface area contributed by atoms with Crippen molar-refractivity contribution in [3.8, 4) is 0 Å².